The van der Waals surface area contributed by atoms with E-state index in [0.717, 1.165) is 22.9 Å². The van der Waals surface area contributed by atoms with E-state index < -0.39 is 16.1 Å². The lowest BCUT2D eigenvalue weighted by Crippen LogP contribution is -2.49. The Morgan fingerprint density at radius 1 is 1.19 bits per heavy atom. The van der Waals surface area contributed by atoms with Crippen molar-refractivity contribution in [2.45, 2.75) is 39.8 Å². The molecule has 0 spiro atoms. The topological polar surface area (TPSA) is 66.5 Å². The highest BCUT2D eigenvalue weighted by Crippen LogP contribution is 2.29. The van der Waals surface area contributed by atoms with Crippen LogP contribution in [0.5, 0.6) is 0 Å². The molecule has 7 heteroatoms. The standard InChI is InChI=1S/C20H25ClN2O3S/c1-5-18(20(24)22-13-16-8-6-7-14(2)11-16)23(27(4,25)26)19-12-17(21)10-9-15(19)3/h6-12,18H,5,13H2,1-4H3,(H,22,24). The minimum atomic E-state index is -3.69. The highest BCUT2D eigenvalue weighted by atomic mass is 35.5. The monoisotopic (exact) mass is 408 g/mol. The summed E-state index contributed by atoms with van der Waals surface area (Å²) in [6, 6.07) is 12.0. The zero-order valence-corrected chi connectivity index (χ0v) is 17.6. The Hall–Kier alpha value is -2.05. The molecule has 2 aromatic rings. The number of amides is 1. The van der Waals surface area contributed by atoms with Gasteiger partial charge in [-0.3, -0.25) is 9.10 Å². The summed E-state index contributed by atoms with van der Waals surface area (Å²) in [5, 5.41) is 3.27. The van der Waals surface area contributed by atoms with Gasteiger partial charge in [0.25, 0.3) is 0 Å². The first kappa shape index (κ1) is 21.3. The number of nitrogens with zero attached hydrogens (tertiary/aromatic N) is 1. The van der Waals surface area contributed by atoms with Gasteiger partial charge in [0.2, 0.25) is 15.9 Å². The lowest BCUT2D eigenvalue weighted by molar-refractivity contribution is -0.122. The van der Waals surface area contributed by atoms with E-state index in [4.69, 9.17) is 11.6 Å². The molecule has 0 aliphatic carbocycles. The van der Waals surface area contributed by atoms with Crippen LogP contribution in [0.25, 0.3) is 0 Å². The van der Waals surface area contributed by atoms with Crippen molar-refractivity contribution in [3.8, 4) is 0 Å². The summed E-state index contributed by atoms with van der Waals surface area (Å²) in [4.78, 5) is 12.8. The number of rotatable bonds is 7. The third-order valence-corrected chi connectivity index (χ3v) is 5.69. The van der Waals surface area contributed by atoms with Gasteiger partial charge in [0, 0.05) is 11.6 Å². The van der Waals surface area contributed by atoms with Crippen LogP contribution in [0.4, 0.5) is 5.69 Å². The van der Waals surface area contributed by atoms with Gasteiger partial charge in [0.1, 0.15) is 6.04 Å². The molecule has 1 N–H and O–H groups in total. The predicted octanol–water partition coefficient (Wildman–Crippen LogP) is 3.82. The highest BCUT2D eigenvalue weighted by molar-refractivity contribution is 7.92. The smallest absolute Gasteiger partial charge is 0.244 e. The third kappa shape index (κ3) is 5.47. The molecule has 2 aromatic carbocycles. The molecule has 0 fully saturated rings. The molecular weight excluding hydrogens is 384 g/mol. The van der Waals surface area contributed by atoms with Gasteiger partial charge in [-0.2, -0.15) is 0 Å². The third-order valence-electron chi connectivity index (χ3n) is 4.29. The molecule has 0 aromatic heterocycles. The van der Waals surface area contributed by atoms with Gasteiger partial charge in [-0.1, -0.05) is 54.4 Å². The molecule has 0 heterocycles. The molecule has 0 aliphatic heterocycles. The zero-order chi connectivity index (χ0) is 20.2. The van der Waals surface area contributed by atoms with Crippen molar-refractivity contribution < 1.29 is 13.2 Å². The lowest BCUT2D eigenvalue weighted by Gasteiger charge is -2.31. The number of sulfonamides is 1. The van der Waals surface area contributed by atoms with Crippen LogP contribution in [-0.4, -0.2) is 26.6 Å². The van der Waals surface area contributed by atoms with Crippen molar-refractivity contribution in [1.82, 2.24) is 5.32 Å². The summed E-state index contributed by atoms with van der Waals surface area (Å²) < 4.78 is 26.2. The first-order chi connectivity index (χ1) is 12.6. The number of hydrogen-bond donors (Lipinski definition) is 1. The SMILES string of the molecule is CCC(C(=O)NCc1cccc(C)c1)N(c1cc(Cl)ccc1C)S(C)(=O)=O. The molecular formula is C20H25ClN2O3S. The number of carbonyl (C=O) groups excluding carboxylic acids is 1. The van der Waals surface area contributed by atoms with E-state index in [0.29, 0.717) is 23.7 Å². The molecule has 2 rings (SSSR count). The molecule has 0 bridgehead atoms. The molecule has 1 unspecified atom stereocenters. The zero-order valence-electron chi connectivity index (χ0n) is 16.0. The molecule has 5 nitrogen and oxygen atoms in total. The van der Waals surface area contributed by atoms with Crippen LogP contribution in [0.1, 0.15) is 30.0 Å². The maximum Gasteiger partial charge on any atom is 0.244 e. The van der Waals surface area contributed by atoms with Gasteiger partial charge in [-0.05, 0) is 43.5 Å². The minimum absolute atomic E-state index is 0.332. The molecule has 1 amide bonds. The number of aryl methyl sites for hydroxylation is 2. The van der Waals surface area contributed by atoms with E-state index in [1.165, 1.54) is 4.31 Å². The van der Waals surface area contributed by atoms with Crippen molar-refractivity contribution in [1.29, 1.82) is 0 Å². The van der Waals surface area contributed by atoms with E-state index in [-0.39, 0.29) is 5.91 Å². The Balaban J connectivity index is 2.32. The number of halogens is 1. The Kier molecular flexibility index (Phi) is 6.89. The van der Waals surface area contributed by atoms with E-state index in [1.807, 2.05) is 31.2 Å². The van der Waals surface area contributed by atoms with Gasteiger partial charge in [-0.25, -0.2) is 8.42 Å². The van der Waals surface area contributed by atoms with Crippen LogP contribution in [0.3, 0.4) is 0 Å². The molecule has 146 valence electrons. The van der Waals surface area contributed by atoms with Crippen molar-refractivity contribution in [3.63, 3.8) is 0 Å². The fourth-order valence-electron chi connectivity index (χ4n) is 2.98. The molecule has 0 saturated heterocycles. The summed E-state index contributed by atoms with van der Waals surface area (Å²) in [5.74, 6) is -0.344. The number of nitrogens with one attached hydrogen (secondary N) is 1. The molecule has 0 radical (unpaired) electrons. The maximum atomic E-state index is 12.8. The van der Waals surface area contributed by atoms with E-state index >= 15 is 0 Å². The average Bonchev–Trinajstić information content (AvgIpc) is 2.59. The second kappa shape index (κ2) is 8.76. The van der Waals surface area contributed by atoms with Gasteiger partial charge in [0.15, 0.2) is 0 Å². The van der Waals surface area contributed by atoms with Crippen LogP contribution in [0, 0.1) is 13.8 Å². The summed E-state index contributed by atoms with van der Waals surface area (Å²) >= 11 is 6.07. The first-order valence-electron chi connectivity index (χ1n) is 8.72. The van der Waals surface area contributed by atoms with Crippen LogP contribution in [-0.2, 0) is 21.4 Å². The Bertz CT molecular complexity index is 929. The molecule has 27 heavy (non-hydrogen) atoms. The number of benzene rings is 2. The minimum Gasteiger partial charge on any atom is -0.350 e. The van der Waals surface area contributed by atoms with Crippen LogP contribution in [0.2, 0.25) is 5.02 Å². The number of anilines is 1. The van der Waals surface area contributed by atoms with Crippen molar-refractivity contribution in [3.05, 3.63) is 64.2 Å². The summed E-state index contributed by atoms with van der Waals surface area (Å²) in [6.45, 7) is 5.90. The van der Waals surface area contributed by atoms with Crippen LogP contribution >= 0.6 is 11.6 Å². The van der Waals surface area contributed by atoms with Crippen molar-refractivity contribution in [2.75, 3.05) is 10.6 Å². The fraction of sp³-hybridized carbons (Fsp3) is 0.350. The van der Waals surface area contributed by atoms with E-state index in [2.05, 4.69) is 5.32 Å². The second-order valence-electron chi connectivity index (χ2n) is 6.62. The van der Waals surface area contributed by atoms with Gasteiger partial charge >= 0.3 is 0 Å². The summed E-state index contributed by atoms with van der Waals surface area (Å²) in [5.41, 5.74) is 3.21. The summed E-state index contributed by atoms with van der Waals surface area (Å²) in [6.07, 6.45) is 1.43. The average molecular weight is 409 g/mol. The largest absolute Gasteiger partial charge is 0.350 e. The van der Waals surface area contributed by atoms with Gasteiger partial charge in [-0.15, -0.1) is 0 Å². The van der Waals surface area contributed by atoms with Gasteiger partial charge < -0.3 is 5.32 Å². The first-order valence-corrected chi connectivity index (χ1v) is 10.9. The maximum absolute atomic E-state index is 12.8. The quantitative estimate of drug-likeness (QED) is 0.757. The van der Waals surface area contributed by atoms with Gasteiger partial charge in [0.05, 0.1) is 11.9 Å². The Morgan fingerprint density at radius 3 is 2.48 bits per heavy atom. The second-order valence-corrected chi connectivity index (χ2v) is 8.92. The molecule has 0 aliphatic rings. The number of hydrogen-bond acceptors (Lipinski definition) is 3. The lowest BCUT2D eigenvalue weighted by atomic mass is 10.1. The Morgan fingerprint density at radius 2 is 1.89 bits per heavy atom. The normalized spacial score (nSPS) is 12.5. The van der Waals surface area contributed by atoms with E-state index in [1.54, 1.807) is 32.0 Å². The number of carbonyl (C=O) groups is 1. The van der Waals surface area contributed by atoms with Crippen LogP contribution in [0.15, 0.2) is 42.5 Å². The molecule has 1 atom stereocenters. The predicted molar refractivity (Wildman–Crippen MR) is 111 cm³/mol. The van der Waals surface area contributed by atoms with Crippen LogP contribution < -0.4 is 9.62 Å². The van der Waals surface area contributed by atoms with Crippen molar-refractivity contribution >= 4 is 33.2 Å². The van der Waals surface area contributed by atoms with Crippen molar-refractivity contribution in [2.24, 2.45) is 0 Å². The summed E-state index contributed by atoms with van der Waals surface area (Å²) in [7, 11) is -3.69. The fourth-order valence-corrected chi connectivity index (χ4v) is 4.41. The highest BCUT2D eigenvalue weighted by Gasteiger charge is 2.32. The van der Waals surface area contributed by atoms with E-state index in [9.17, 15) is 13.2 Å². The Labute approximate surface area is 166 Å². The molecule has 0 saturated carbocycles.